The van der Waals surface area contributed by atoms with Crippen molar-refractivity contribution in [2.45, 2.75) is 12.5 Å². The lowest BCUT2D eigenvalue weighted by Crippen LogP contribution is -2.47. The third-order valence-electron chi connectivity index (χ3n) is 3.16. The van der Waals surface area contributed by atoms with Crippen molar-refractivity contribution in [2.24, 2.45) is 0 Å². The predicted molar refractivity (Wildman–Crippen MR) is 69.6 cm³/mol. The summed E-state index contributed by atoms with van der Waals surface area (Å²) in [5.41, 5.74) is -0.217. The first-order valence-electron chi connectivity index (χ1n) is 5.88. The van der Waals surface area contributed by atoms with E-state index in [0.29, 0.717) is 26.2 Å². The van der Waals surface area contributed by atoms with Gasteiger partial charge in [0.05, 0.1) is 5.02 Å². The smallest absolute Gasteiger partial charge is 0.258 e. The molecular formula is C12H13Cl2F3N2. The summed E-state index contributed by atoms with van der Waals surface area (Å²) in [5, 5.41) is 2.84. The third kappa shape index (κ3) is 3.16. The molecule has 1 atom stereocenters. The Morgan fingerprint density at radius 3 is 2.26 bits per heavy atom. The molecule has 0 aliphatic carbocycles. The molecule has 19 heavy (non-hydrogen) atoms. The lowest BCUT2D eigenvalue weighted by molar-refractivity contribution is 0.0164. The summed E-state index contributed by atoms with van der Waals surface area (Å²) >= 11 is 11.5. The van der Waals surface area contributed by atoms with Crippen LogP contribution in [0.25, 0.3) is 0 Å². The predicted octanol–water partition coefficient (Wildman–Crippen LogP) is 3.34. The van der Waals surface area contributed by atoms with Crippen LogP contribution in [0.5, 0.6) is 0 Å². The Morgan fingerprint density at radius 2 is 1.68 bits per heavy atom. The van der Waals surface area contributed by atoms with E-state index in [1.54, 1.807) is 0 Å². The third-order valence-corrected chi connectivity index (χ3v) is 3.78. The Hall–Kier alpha value is -0.490. The number of nitrogens with zero attached hydrogens (tertiary/aromatic N) is 1. The molecule has 0 radical (unpaired) electrons. The fourth-order valence-electron chi connectivity index (χ4n) is 2.24. The van der Waals surface area contributed by atoms with Gasteiger partial charge in [0, 0.05) is 36.8 Å². The second-order valence-corrected chi connectivity index (χ2v) is 5.14. The van der Waals surface area contributed by atoms with Gasteiger partial charge in [0.25, 0.3) is 6.43 Å². The Kier molecular flexibility index (Phi) is 4.95. The first-order valence-corrected chi connectivity index (χ1v) is 6.64. The first-order chi connectivity index (χ1) is 9.02. The number of piperazine rings is 1. The minimum Gasteiger partial charge on any atom is -0.314 e. The monoisotopic (exact) mass is 312 g/mol. The topological polar surface area (TPSA) is 15.3 Å². The summed E-state index contributed by atoms with van der Waals surface area (Å²) in [4.78, 5) is 1.53. The van der Waals surface area contributed by atoms with Crippen molar-refractivity contribution in [2.75, 3.05) is 26.2 Å². The molecule has 1 N–H and O–H groups in total. The molecule has 1 aromatic rings. The largest absolute Gasteiger partial charge is 0.314 e. The van der Waals surface area contributed by atoms with Gasteiger partial charge in [-0.3, -0.25) is 4.90 Å². The number of hydrogen-bond acceptors (Lipinski definition) is 2. The van der Waals surface area contributed by atoms with Gasteiger partial charge < -0.3 is 5.32 Å². The van der Waals surface area contributed by atoms with Gasteiger partial charge in [-0.25, -0.2) is 13.2 Å². The zero-order chi connectivity index (χ0) is 14.0. The molecule has 0 spiro atoms. The first kappa shape index (κ1) is 14.9. The fourth-order valence-corrected chi connectivity index (χ4v) is 2.66. The quantitative estimate of drug-likeness (QED) is 0.861. The summed E-state index contributed by atoms with van der Waals surface area (Å²) in [6.45, 7) is 2.00. The summed E-state index contributed by atoms with van der Waals surface area (Å²) < 4.78 is 40.7. The SMILES string of the molecule is Fc1c(Cl)ccc(Cl)c1[C@H](C(F)F)N1CCNCC1. The molecule has 1 aliphatic heterocycles. The molecule has 7 heteroatoms. The van der Waals surface area contributed by atoms with E-state index < -0.39 is 18.3 Å². The maximum absolute atomic E-state index is 14.0. The Morgan fingerprint density at radius 1 is 1.11 bits per heavy atom. The average Bonchev–Trinajstić information content (AvgIpc) is 2.39. The maximum atomic E-state index is 14.0. The molecule has 1 aliphatic rings. The maximum Gasteiger partial charge on any atom is 0.258 e. The van der Waals surface area contributed by atoms with Crippen molar-refractivity contribution in [3.8, 4) is 0 Å². The van der Waals surface area contributed by atoms with Gasteiger partial charge in [0.2, 0.25) is 0 Å². The molecule has 2 nitrogen and oxygen atoms in total. The fraction of sp³-hybridized carbons (Fsp3) is 0.500. The van der Waals surface area contributed by atoms with Crippen LogP contribution in [0.3, 0.4) is 0 Å². The van der Waals surface area contributed by atoms with Crippen molar-refractivity contribution in [1.29, 1.82) is 0 Å². The highest BCUT2D eigenvalue weighted by molar-refractivity contribution is 6.33. The van der Waals surface area contributed by atoms with E-state index in [1.165, 1.54) is 17.0 Å². The zero-order valence-corrected chi connectivity index (χ0v) is 11.5. The van der Waals surface area contributed by atoms with Crippen LogP contribution in [0.15, 0.2) is 12.1 Å². The van der Waals surface area contributed by atoms with E-state index in [0.717, 1.165) is 0 Å². The molecule has 2 rings (SSSR count). The number of benzene rings is 1. The van der Waals surface area contributed by atoms with Crippen molar-refractivity contribution in [1.82, 2.24) is 10.2 Å². The van der Waals surface area contributed by atoms with E-state index in [9.17, 15) is 13.2 Å². The van der Waals surface area contributed by atoms with Gasteiger partial charge in [-0.05, 0) is 12.1 Å². The van der Waals surface area contributed by atoms with Gasteiger partial charge in [-0.1, -0.05) is 23.2 Å². The van der Waals surface area contributed by atoms with Gasteiger partial charge in [0.1, 0.15) is 11.9 Å². The molecule has 0 saturated carbocycles. The van der Waals surface area contributed by atoms with E-state index in [2.05, 4.69) is 5.32 Å². The van der Waals surface area contributed by atoms with Gasteiger partial charge in [-0.2, -0.15) is 0 Å². The molecule has 1 saturated heterocycles. The minimum atomic E-state index is -2.73. The van der Waals surface area contributed by atoms with Crippen LogP contribution in [-0.4, -0.2) is 37.5 Å². The number of nitrogens with one attached hydrogen (secondary N) is 1. The second kappa shape index (κ2) is 6.31. The van der Waals surface area contributed by atoms with Crippen LogP contribution in [0, 0.1) is 5.82 Å². The molecule has 0 amide bonds. The Balaban J connectivity index is 2.41. The Bertz CT molecular complexity index is 451. The van der Waals surface area contributed by atoms with E-state index in [4.69, 9.17) is 23.2 Å². The van der Waals surface area contributed by atoms with Gasteiger partial charge in [0.15, 0.2) is 0 Å². The number of halogens is 5. The lowest BCUT2D eigenvalue weighted by Gasteiger charge is -2.35. The van der Waals surface area contributed by atoms with E-state index in [1.807, 2.05) is 0 Å². The van der Waals surface area contributed by atoms with Crippen LogP contribution >= 0.6 is 23.2 Å². The van der Waals surface area contributed by atoms with Crippen LogP contribution in [0.1, 0.15) is 11.6 Å². The summed E-state index contributed by atoms with van der Waals surface area (Å²) in [7, 11) is 0. The molecule has 0 bridgehead atoms. The molecule has 106 valence electrons. The second-order valence-electron chi connectivity index (χ2n) is 4.32. The number of hydrogen-bond donors (Lipinski definition) is 1. The summed E-state index contributed by atoms with van der Waals surface area (Å²) in [6.07, 6.45) is -2.73. The highest BCUT2D eigenvalue weighted by Gasteiger charge is 2.34. The normalized spacial score (nSPS) is 18.8. The van der Waals surface area contributed by atoms with Crippen molar-refractivity contribution in [3.63, 3.8) is 0 Å². The lowest BCUT2D eigenvalue weighted by atomic mass is 10.0. The van der Waals surface area contributed by atoms with Crippen molar-refractivity contribution < 1.29 is 13.2 Å². The van der Waals surface area contributed by atoms with Crippen molar-refractivity contribution >= 4 is 23.2 Å². The van der Waals surface area contributed by atoms with E-state index in [-0.39, 0.29) is 15.6 Å². The Labute approximate surface area is 119 Å². The highest BCUT2D eigenvalue weighted by Crippen LogP contribution is 2.37. The standard InChI is InChI=1S/C12H13Cl2F3N2/c13-7-1-2-8(14)10(15)9(7)11(12(16)17)19-5-3-18-4-6-19/h1-2,11-12,18H,3-6H2/t11-/m1/s1. The van der Waals surface area contributed by atoms with Gasteiger partial charge in [-0.15, -0.1) is 0 Å². The number of rotatable bonds is 3. The van der Waals surface area contributed by atoms with Crippen LogP contribution in [0.4, 0.5) is 13.2 Å². The number of alkyl halides is 2. The molecule has 1 fully saturated rings. The molecule has 1 aromatic carbocycles. The van der Waals surface area contributed by atoms with Gasteiger partial charge >= 0.3 is 0 Å². The van der Waals surface area contributed by atoms with E-state index >= 15 is 0 Å². The summed E-state index contributed by atoms with van der Waals surface area (Å²) in [5.74, 6) is -0.863. The highest BCUT2D eigenvalue weighted by atomic mass is 35.5. The minimum absolute atomic E-state index is 0.0225. The molecule has 1 heterocycles. The van der Waals surface area contributed by atoms with Crippen molar-refractivity contribution in [3.05, 3.63) is 33.6 Å². The van der Waals surface area contributed by atoms with Crippen LogP contribution in [-0.2, 0) is 0 Å². The molecule has 0 unspecified atom stereocenters. The molecule has 0 aromatic heterocycles. The average molecular weight is 313 g/mol. The summed E-state index contributed by atoms with van der Waals surface area (Å²) in [6, 6.07) is 1.25. The van der Waals surface area contributed by atoms with Crippen LogP contribution in [0.2, 0.25) is 10.0 Å². The zero-order valence-electron chi connectivity index (χ0n) is 9.97. The molecular weight excluding hydrogens is 300 g/mol. The van der Waals surface area contributed by atoms with Crippen LogP contribution < -0.4 is 5.32 Å².